The Hall–Kier alpha value is -2.47. The molecule has 0 unspecified atom stereocenters. The van der Waals surface area contributed by atoms with Crippen molar-refractivity contribution in [2.75, 3.05) is 19.5 Å². The molecule has 1 aliphatic heterocycles. The van der Waals surface area contributed by atoms with Gasteiger partial charge in [-0.1, -0.05) is 35.3 Å². The van der Waals surface area contributed by atoms with Gasteiger partial charge >= 0.3 is 0 Å². The van der Waals surface area contributed by atoms with Gasteiger partial charge in [0.05, 0.1) is 24.3 Å². The van der Waals surface area contributed by atoms with Crippen LogP contribution < -0.4 is 14.8 Å². The number of hydrogen-bond donors (Lipinski definition) is 1. The maximum absolute atomic E-state index is 13.5. The average molecular weight is 486 g/mol. The lowest BCUT2D eigenvalue weighted by Gasteiger charge is -2.36. The summed E-state index contributed by atoms with van der Waals surface area (Å²) >= 11 is 14.3. The molecule has 2 heterocycles. The fraction of sp³-hybridized carbons (Fsp3) is 0.240. The van der Waals surface area contributed by atoms with Gasteiger partial charge in [0.15, 0.2) is 17.3 Å². The molecule has 7 heteroatoms. The number of allylic oxidation sites excluding steroid dienone is 2. The number of nitrogens with one attached hydrogen (secondary N) is 1. The number of ether oxygens (including phenoxy) is 2. The number of carbonyl (C=O) groups excluding carboxylic acids is 1. The Morgan fingerprint density at radius 1 is 1.00 bits per heavy atom. The second-order valence-corrected chi connectivity index (χ2v) is 9.76. The molecule has 2 atom stereocenters. The highest BCUT2D eigenvalue weighted by molar-refractivity contribution is 7.10. The summed E-state index contributed by atoms with van der Waals surface area (Å²) in [5.41, 5.74) is 4.51. The quantitative estimate of drug-likeness (QED) is 0.430. The number of methoxy groups -OCH3 is 2. The van der Waals surface area contributed by atoms with E-state index in [1.54, 1.807) is 31.6 Å². The van der Waals surface area contributed by atoms with Crippen LogP contribution in [0.15, 0.2) is 59.1 Å². The predicted molar refractivity (Wildman–Crippen MR) is 130 cm³/mol. The van der Waals surface area contributed by atoms with Crippen LogP contribution in [0.25, 0.3) is 0 Å². The molecule has 164 valence electrons. The molecule has 0 spiro atoms. The second kappa shape index (κ2) is 8.47. The number of halogens is 2. The van der Waals surface area contributed by atoms with Crippen molar-refractivity contribution < 1.29 is 14.3 Å². The fourth-order valence-corrected chi connectivity index (χ4v) is 5.84. The number of benzene rings is 2. The van der Waals surface area contributed by atoms with E-state index in [9.17, 15) is 4.79 Å². The van der Waals surface area contributed by atoms with Crippen LogP contribution in [0.1, 0.15) is 40.7 Å². The van der Waals surface area contributed by atoms with Gasteiger partial charge in [0.2, 0.25) is 0 Å². The molecule has 0 radical (unpaired) electrons. The van der Waals surface area contributed by atoms with Crippen LogP contribution in [-0.4, -0.2) is 20.0 Å². The minimum absolute atomic E-state index is 0.147. The monoisotopic (exact) mass is 485 g/mol. The zero-order valence-electron chi connectivity index (χ0n) is 17.6. The standard InChI is InChI=1S/C25H21Cl2NO3S/c1-30-21-11-15-18(12-22(21)31-2)28-19-9-14(23-4-3-7-32-23)10-20(29)25(19)24(15)13-5-6-16(26)17(27)8-13/h3-8,11-12,14,24,28H,9-10H2,1-2H3/t14-,24-/m1/s1. The average Bonchev–Trinajstić information content (AvgIpc) is 3.33. The maximum atomic E-state index is 13.5. The summed E-state index contributed by atoms with van der Waals surface area (Å²) in [6.07, 6.45) is 1.26. The number of ketones is 1. The number of fused-ring (bicyclic) bond motifs is 1. The van der Waals surface area contributed by atoms with E-state index >= 15 is 0 Å². The molecule has 32 heavy (non-hydrogen) atoms. The molecule has 0 fully saturated rings. The van der Waals surface area contributed by atoms with Crippen LogP contribution in [0.4, 0.5) is 5.69 Å². The second-order valence-electron chi connectivity index (χ2n) is 7.96. The Morgan fingerprint density at radius 2 is 1.78 bits per heavy atom. The highest BCUT2D eigenvalue weighted by atomic mass is 35.5. The molecule has 0 saturated heterocycles. The molecule has 0 amide bonds. The van der Waals surface area contributed by atoms with Crippen LogP contribution in [0.5, 0.6) is 11.5 Å². The van der Waals surface area contributed by atoms with Crippen LogP contribution in [0, 0.1) is 0 Å². The Kier molecular flexibility index (Phi) is 5.66. The van der Waals surface area contributed by atoms with Crippen LogP contribution in [0.2, 0.25) is 10.0 Å². The van der Waals surface area contributed by atoms with Gasteiger partial charge in [-0.05, 0) is 47.2 Å². The van der Waals surface area contributed by atoms with Gasteiger partial charge in [0.25, 0.3) is 0 Å². The zero-order valence-corrected chi connectivity index (χ0v) is 19.9. The molecule has 1 aliphatic carbocycles. The van der Waals surface area contributed by atoms with Crippen LogP contribution in [-0.2, 0) is 4.79 Å². The Bertz CT molecular complexity index is 1240. The summed E-state index contributed by atoms with van der Waals surface area (Å²) in [4.78, 5) is 14.8. The van der Waals surface area contributed by atoms with Crippen molar-refractivity contribution in [2.45, 2.75) is 24.7 Å². The van der Waals surface area contributed by atoms with E-state index in [1.165, 1.54) is 4.88 Å². The fourth-order valence-electron chi connectivity index (χ4n) is 4.71. The highest BCUT2D eigenvalue weighted by Gasteiger charge is 2.39. The van der Waals surface area contributed by atoms with E-state index in [2.05, 4.69) is 16.8 Å². The Labute approximate surface area is 200 Å². The van der Waals surface area contributed by atoms with Gasteiger partial charge in [-0.2, -0.15) is 0 Å². The van der Waals surface area contributed by atoms with E-state index in [4.69, 9.17) is 32.7 Å². The number of anilines is 1. The molecule has 3 aromatic rings. The Balaban J connectivity index is 1.69. The van der Waals surface area contributed by atoms with Gasteiger partial charge in [0, 0.05) is 46.2 Å². The third-order valence-electron chi connectivity index (χ3n) is 6.17. The van der Waals surface area contributed by atoms with Crippen molar-refractivity contribution >= 4 is 46.0 Å². The smallest absolute Gasteiger partial charge is 0.162 e. The van der Waals surface area contributed by atoms with Gasteiger partial charge in [-0.3, -0.25) is 4.79 Å². The van der Waals surface area contributed by atoms with E-state index < -0.39 is 0 Å². The first-order valence-corrected chi connectivity index (χ1v) is 11.9. The van der Waals surface area contributed by atoms with E-state index in [-0.39, 0.29) is 17.6 Å². The van der Waals surface area contributed by atoms with Crippen molar-refractivity contribution in [1.29, 1.82) is 0 Å². The first kappa shape index (κ1) is 21.4. The molecule has 4 nitrogen and oxygen atoms in total. The van der Waals surface area contributed by atoms with E-state index in [1.807, 2.05) is 30.3 Å². The normalized spacial score (nSPS) is 19.8. The molecule has 2 aliphatic rings. The third-order valence-corrected chi connectivity index (χ3v) is 7.95. The number of carbonyl (C=O) groups is 1. The number of rotatable bonds is 4. The lowest BCUT2D eigenvalue weighted by atomic mass is 9.73. The van der Waals surface area contributed by atoms with Crippen molar-refractivity contribution in [3.8, 4) is 11.5 Å². The third kappa shape index (κ3) is 3.58. The summed E-state index contributed by atoms with van der Waals surface area (Å²) in [5, 5.41) is 6.55. The lowest BCUT2D eigenvalue weighted by Crippen LogP contribution is -2.29. The van der Waals surface area contributed by atoms with Crippen molar-refractivity contribution in [3.05, 3.63) is 85.2 Å². The number of Topliss-reactive ketones (excluding diaryl/α,β-unsaturated/α-hetero) is 1. The first-order valence-electron chi connectivity index (χ1n) is 10.3. The van der Waals surface area contributed by atoms with Crippen molar-refractivity contribution in [3.63, 3.8) is 0 Å². The van der Waals surface area contributed by atoms with Gasteiger partial charge in [-0.25, -0.2) is 0 Å². The number of thiophene rings is 1. The molecular weight excluding hydrogens is 465 g/mol. The summed E-state index contributed by atoms with van der Waals surface area (Å²) < 4.78 is 11.1. The van der Waals surface area contributed by atoms with Crippen LogP contribution >= 0.6 is 34.5 Å². The zero-order chi connectivity index (χ0) is 22.4. The molecular formula is C25H21Cl2NO3S. The maximum Gasteiger partial charge on any atom is 0.162 e. The molecule has 1 N–H and O–H groups in total. The summed E-state index contributed by atoms with van der Waals surface area (Å²) in [6, 6.07) is 13.6. The molecule has 1 aromatic heterocycles. The van der Waals surface area contributed by atoms with Crippen molar-refractivity contribution in [2.24, 2.45) is 0 Å². The minimum Gasteiger partial charge on any atom is -0.493 e. The predicted octanol–water partition coefficient (Wildman–Crippen LogP) is 7.03. The number of hydrogen-bond acceptors (Lipinski definition) is 5. The molecule has 5 rings (SSSR count). The Morgan fingerprint density at radius 3 is 2.47 bits per heavy atom. The van der Waals surface area contributed by atoms with Gasteiger partial charge in [0.1, 0.15) is 0 Å². The van der Waals surface area contributed by atoms with Crippen LogP contribution in [0.3, 0.4) is 0 Å². The van der Waals surface area contributed by atoms with Gasteiger partial charge < -0.3 is 14.8 Å². The molecule has 0 bridgehead atoms. The summed E-state index contributed by atoms with van der Waals surface area (Å²) in [5.74, 6) is 1.29. The highest BCUT2D eigenvalue weighted by Crippen LogP contribution is 2.51. The van der Waals surface area contributed by atoms with Gasteiger partial charge in [-0.15, -0.1) is 11.3 Å². The van der Waals surface area contributed by atoms with E-state index in [0.29, 0.717) is 28.0 Å². The minimum atomic E-state index is -0.271. The van der Waals surface area contributed by atoms with Crippen molar-refractivity contribution in [1.82, 2.24) is 0 Å². The summed E-state index contributed by atoms with van der Waals surface area (Å²) in [6.45, 7) is 0. The van der Waals surface area contributed by atoms with E-state index in [0.717, 1.165) is 34.5 Å². The first-order chi connectivity index (χ1) is 15.5. The largest absolute Gasteiger partial charge is 0.493 e. The topological polar surface area (TPSA) is 47.6 Å². The lowest BCUT2D eigenvalue weighted by molar-refractivity contribution is -0.116. The molecule has 2 aromatic carbocycles. The summed E-state index contributed by atoms with van der Waals surface area (Å²) in [7, 11) is 3.22. The molecule has 0 saturated carbocycles. The SMILES string of the molecule is COc1cc2c(cc1OC)[C@@H](c1ccc(Cl)c(Cl)c1)C1=C(C[C@@H](c3cccs3)CC1=O)N2.